The standard InChI is InChI=1S/C15H21ClN2O/c1-15(2)8-4-5-10(9-15)18-14(19)11-6-3-7-12(17)13(11)16/h3,6-7,10H,4-5,8-9,17H2,1-2H3,(H,18,19). The van der Waals surface area contributed by atoms with Gasteiger partial charge in [0.25, 0.3) is 5.91 Å². The fourth-order valence-corrected chi connectivity index (χ4v) is 3.02. The van der Waals surface area contributed by atoms with E-state index >= 15 is 0 Å². The van der Waals surface area contributed by atoms with Crippen molar-refractivity contribution in [1.29, 1.82) is 0 Å². The maximum Gasteiger partial charge on any atom is 0.253 e. The van der Waals surface area contributed by atoms with Crippen LogP contribution in [0.1, 0.15) is 49.9 Å². The summed E-state index contributed by atoms with van der Waals surface area (Å²) in [5.74, 6) is -0.125. The normalized spacial score (nSPS) is 21.9. The second-order valence-corrected chi connectivity index (χ2v) is 6.52. The van der Waals surface area contributed by atoms with E-state index in [9.17, 15) is 4.79 Å². The molecule has 1 fully saturated rings. The van der Waals surface area contributed by atoms with Crippen molar-refractivity contribution < 1.29 is 4.79 Å². The number of carbonyl (C=O) groups is 1. The van der Waals surface area contributed by atoms with Gasteiger partial charge in [-0.05, 0) is 36.8 Å². The van der Waals surface area contributed by atoms with E-state index in [4.69, 9.17) is 17.3 Å². The number of nitrogen functional groups attached to an aromatic ring is 1. The molecular weight excluding hydrogens is 260 g/mol. The summed E-state index contributed by atoms with van der Waals surface area (Å²) in [4.78, 5) is 12.2. The largest absolute Gasteiger partial charge is 0.398 e. The van der Waals surface area contributed by atoms with Crippen LogP contribution in [0.5, 0.6) is 0 Å². The fraction of sp³-hybridized carbons (Fsp3) is 0.533. The van der Waals surface area contributed by atoms with Crippen LogP contribution in [-0.4, -0.2) is 11.9 Å². The van der Waals surface area contributed by atoms with Gasteiger partial charge in [0, 0.05) is 6.04 Å². The Kier molecular flexibility index (Phi) is 4.04. The first-order valence-corrected chi connectivity index (χ1v) is 7.12. The van der Waals surface area contributed by atoms with Gasteiger partial charge in [-0.1, -0.05) is 37.9 Å². The SMILES string of the molecule is CC1(C)CCCC(NC(=O)c2cccc(N)c2Cl)C1. The molecule has 0 bridgehead atoms. The maximum absolute atomic E-state index is 12.2. The lowest BCUT2D eigenvalue weighted by molar-refractivity contribution is 0.0903. The number of hydrogen-bond donors (Lipinski definition) is 2. The van der Waals surface area contributed by atoms with E-state index in [-0.39, 0.29) is 11.9 Å². The van der Waals surface area contributed by atoms with Crippen molar-refractivity contribution in [2.75, 3.05) is 5.73 Å². The minimum Gasteiger partial charge on any atom is -0.398 e. The first-order valence-electron chi connectivity index (χ1n) is 6.74. The van der Waals surface area contributed by atoms with Crippen LogP contribution in [0.3, 0.4) is 0 Å². The molecule has 0 aliphatic heterocycles. The fourth-order valence-electron chi connectivity index (χ4n) is 2.81. The molecule has 1 atom stereocenters. The zero-order chi connectivity index (χ0) is 14.0. The van der Waals surface area contributed by atoms with E-state index in [2.05, 4.69) is 19.2 Å². The predicted octanol–water partition coefficient (Wildman–Crippen LogP) is 3.62. The van der Waals surface area contributed by atoms with Gasteiger partial charge < -0.3 is 11.1 Å². The summed E-state index contributed by atoms with van der Waals surface area (Å²) >= 11 is 6.08. The quantitative estimate of drug-likeness (QED) is 0.813. The van der Waals surface area contributed by atoms with E-state index in [0.717, 1.165) is 19.3 Å². The zero-order valence-electron chi connectivity index (χ0n) is 11.5. The number of benzene rings is 1. The molecule has 0 spiro atoms. The Labute approximate surface area is 119 Å². The van der Waals surface area contributed by atoms with Gasteiger partial charge in [0.2, 0.25) is 0 Å². The molecule has 3 nitrogen and oxygen atoms in total. The second kappa shape index (κ2) is 5.41. The number of carbonyl (C=O) groups excluding carboxylic acids is 1. The summed E-state index contributed by atoms with van der Waals surface area (Å²) < 4.78 is 0. The molecule has 4 heteroatoms. The molecule has 0 heterocycles. The van der Waals surface area contributed by atoms with Crippen molar-refractivity contribution in [3.8, 4) is 0 Å². The van der Waals surface area contributed by atoms with Crippen LogP contribution < -0.4 is 11.1 Å². The number of nitrogens with one attached hydrogen (secondary N) is 1. The summed E-state index contributed by atoms with van der Waals surface area (Å²) in [5.41, 5.74) is 6.93. The molecule has 1 amide bonds. The van der Waals surface area contributed by atoms with E-state index in [1.807, 2.05) is 0 Å². The minimum absolute atomic E-state index is 0.125. The lowest BCUT2D eigenvalue weighted by atomic mass is 9.75. The molecule has 1 aromatic rings. The van der Waals surface area contributed by atoms with Gasteiger partial charge in [0.15, 0.2) is 0 Å². The van der Waals surface area contributed by atoms with Crippen molar-refractivity contribution in [1.82, 2.24) is 5.32 Å². The molecule has 1 unspecified atom stereocenters. The van der Waals surface area contributed by atoms with E-state index in [1.54, 1.807) is 18.2 Å². The second-order valence-electron chi connectivity index (χ2n) is 6.14. The van der Waals surface area contributed by atoms with Crippen molar-refractivity contribution in [3.05, 3.63) is 28.8 Å². The van der Waals surface area contributed by atoms with Crippen molar-refractivity contribution in [2.24, 2.45) is 5.41 Å². The lowest BCUT2D eigenvalue weighted by Crippen LogP contribution is -2.40. The summed E-state index contributed by atoms with van der Waals surface area (Å²) in [7, 11) is 0. The number of amides is 1. The van der Waals surface area contributed by atoms with Gasteiger partial charge in [-0.25, -0.2) is 0 Å². The third-order valence-electron chi connectivity index (χ3n) is 3.81. The Hall–Kier alpha value is -1.22. The molecule has 1 aliphatic rings. The van der Waals surface area contributed by atoms with Gasteiger partial charge in [-0.2, -0.15) is 0 Å². The summed E-state index contributed by atoms with van der Waals surface area (Å²) in [6.07, 6.45) is 4.43. The first kappa shape index (κ1) is 14.2. The van der Waals surface area contributed by atoms with Crippen molar-refractivity contribution >= 4 is 23.2 Å². The van der Waals surface area contributed by atoms with E-state index in [0.29, 0.717) is 21.7 Å². The molecule has 3 N–H and O–H groups in total. The zero-order valence-corrected chi connectivity index (χ0v) is 12.3. The molecular formula is C15H21ClN2O. The smallest absolute Gasteiger partial charge is 0.253 e. The third-order valence-corrected chi connectivity index (χ3v) is 4.24. The highest BCUT2D eigenvalue weighted by atomic mass is 35.5. The van der Waals surface area contributed by atoms with E-state index < -0.39 is 0 Å². The Balaban J connectivity index is 2.07. The number of nitrogens with two attached hydrogens (primary N) is 1. The minimum atomic E-state index is -0.125. The summed E-state index contributed by atoms with van der Waals surface area (Å²) in [5, 5.41) is 3.42. The Morgan fingerprint density at radius 2 is 2.21 bits per heavy atom. The highest BCUT2D eigenvalue weighted by Gasteiger charge is 2.29. The van der Waals surface area contributed by atoms with Crippen LogP contribution in [0.2, 0.25) is 5.02 Å². The summed E-state index contributed by atoms with van der Waals surface area (Å²) in [6, 6.07) is 5.39. The average Bonchev–Trinajstić information content (AvgIpc) is 2.31. The van der Waals surface area contributed by atoms with Crippen LogP contribution in [-0.2, 0) is 0 Å². The number of anilines is 1. The molecule has 1 saturated carbocycles. The van der Waals surface area contributed by atoms with Crippen LogP contribution in [0.25, 0.3) is 0 Å². The van der Waals surface area contributed by atoms with Gasteiger partial charge in [0.05, 0.1) is 16.3 Å². The predicted molar refractivity (Wildman–Crippen MR) is 79.4 cm³/mol. The van der Waals surface area contributed by atoms with Gasteiger partial charge >= 0.3 is 0 Å². The maximum atomic E-state index is 12.2. The third kappa shape index (κ3) is 3.41. The molecule has 19 heavy (non-hydrogen) atoms. The van der Waals surface area contributed by atoms with Crippen LogP contribution in [0, 0.1) is 5.41 Å². The highest BCUT2D eigenvalue weighted by Crippen LogP contribution is 2.35. The van der Waals surface area contributed by atoms with Crippen LogP contribution in [0.15, 0.2) is 18.2 Å². The summed E-state index contributed by atoms with van der Waals surface area (Å²) in [6.45, 7) is 4.50. The Morgan fingerprint density at radius 3 is 2.89 bits per heavy atom. The molecule has 0 saturated heterocycles. The van der Waals surface area contributed by atoms with Crippen molar-refractivity contribution in [2.45, 2.75) is 45.6 Å². The van der Waals surface area contributed by atoms with Gasteiger partial charge in [0.1, 0.15) is 0 Å². The Bertz CT molecular complexity index is 485. The first-order chi connectivity index (χ1) is 8.89. The number of rotatable bonds is 2. The van der Waals surface area contributed by atoms with Crippen LogP contribution in [0.4, 0.5) is 5.69 Å². The number of hydrogen-bond acceptors (Lipinski definition) is 2. The molecule has 2 rings (SSSR count). The van der Waals surface area contributed by atoms with E-state index in [1.165, 1.54) is 6.42 Å². The molecule has 1 aromatic carbocycles. The monoisotopic (exact) mass is 280 g/mol. The van der Waals surface area contributed by atoms with Gasteiger partial charge in [-0.15, -0.1) is 0 Å². The Morgan fingerprint density at radius 1 is 1.47 bits per heavy atom. The number of halogens is 1. The molecule has 0 radical (unpaired) electrons. The lowest BCUT2D eigenvalue weighted by Gasteiger charge is -2.35. The average molecular weight is 281 g/mol. The van der Waals surface area contributed by atoms with Crippen molar-refractivity contribution in [3.63, 3.8) is 0 Å². The van der Waals surface area contributed by atoms with Crippen LogP contribution >= 0.6 is 11.6 Å². The molecule has 0 aromatic heterocycles. The highest BCUT2D eigenvalue weighted by molar-refractivity contribution is 6.36. The van der Waals surface area contributed by atoms with Gasteiger partial charge in [-0.3, -0.25) is 4.79 Å². The molecule has 1 aliphatic carbocycles. The molecule has 104 valence electrons. The topological polar surface area (TPSA) is 55.1 Å².